The molecule has 0 aromatic heterocycles. The Labute approximate surface area is 215 Å². The van der Waals surface area contributed by atoms with E-state index < -0.39 is 14.1 Å². The predicted molar refractivity (Wildman–Crippen MR) is 152 cm³/mol. The number of hydrogen-bond donors (Lipinski definition) is 0. The molecule has 0 unspecified atom stereocenters. The SMILES string of the molecule is CC(C)(C)P(=[N-])(C(C)(C)C)C(C)(C)C.CC(C)(C)P(=[N-])(C(C)(C)C)C(C)(C)C.[CH3-].[CH3-].[Ti+4]. The van der Waals surface area contributed by atoms with Gasteiger partial charge in [-0.15, -0.1) is 0 Å². The van der Waals surface area contributed by atoms with Crippen molar-refractivity contribution in [3.05, 3.63) is 25.2 Å². The van der Waals surface area contributed by atoms with Crippen LogP contribution >= 0.6 is 14.1 Å². The smallest absolute Gasteiger partial charge is 0.807 e. The number of rotatable bonds is 0. The molecule has 0 aromatic rings. The topological polar surface area (TPSA) is 44.6 Å². The molecule has 5 heteroatoms. The van der Waals surface area contributed by atoms with Gasteiger partial charge in [0, 0.05) is 0 Å². The van der Waals surface area contributed by atoms with Gasteiger partial charge < -0.3 is 25.2 Å². The first-order valence-electron chi connectivity index (χ1n) is 10.7. The molecule has 0 aliphatic heterocycles. The molecule has 31 heavy (non-hydrogen) atoms. The first-order chi connectivity index (χ1) is 11.5. The van der Waals surface area contributed by atoms with Crippen molar-refractivity contribution in [3.63, 3.8) is 0 Å². The molecule has 0 fully saturated rings. The molecule has 0 N–H and O–H groups in total. The van der Waals surface area contributed by atoms with E-state index in [4.69, 9.17) is 0 Å². The van der Waals surface area contributed by atoms with E-state index in [0.29, 0.717) is 0 Å². The molecular formula is C26H60N2P2Ti. The van der Waals surface area contributed by atoms with Crippen molar-refractivity contribution in [3.8, 4) is 0 Å². The van der Waals surface area contributed by atoms with Crippen molar-refractivity contribution in [2.45, 2.75) is 156 Å². The van der Waals surface area contributed by atoms with Gasteiger partial charge in [0.25, 0.3) is 0 Å². The fraction of sp³-hybridized carbons (Fsp3) is 0.923. The van der Waals surface area contributed by atoms with Gasteiger partial charge in [-0.2, -0.15) is 0 Å². The Bertz CT molecular complexity index is 467. The largest absolute Gasteiger partial charge is 4.00 e. The van der Waals surface area contributed by atoms with Crippen LogP contribution in [0.4, 0.5) is 0 Å². The first kappa shape index (κ1) is 42.3. The van der Waals surface area contributed by atoms with Crippen LogP contribution in [0.2, 0.25) is 0 Å². The van der Waals surface area contributed by atoms with Crippen molar-refractivity contribution in [2.24, 2.45) is 0 Å². The second-order valence-electron chi connectivity index (χ2n) is 14.3. The van der Waals surface area contributed by atoms with Gasteiger partial charge in [0.05, 0.1) is 0 Å². The zero-order valence-electron chi connectivity index (χ0n) is 25.3. The van der Waals surface area contributed by atoms with Crippen molar-refractivity contribution in [1.82, 2.24) is 0 Å². The van der Waals surface area contributed by atoms with Gasteiger partial charge in [-0.25, -0.2) is 14.1 Å². The molecule has 0 aromatic carbocycles. The quantitative estimate of drug-likeness (QED) is 0.177. The summed E-state index contributed by atoms with van der Waals surface area (Å²) in [6.07, 6.45) is 0. The zero-order chi connectivity index (χ0) is 24.0. The van der Waals surface area contributed by atoms with Crippen LogP contribution in [0, 0.1) is 14.9 Å². The van der Waals surface area contributed by atoms with E-state index in [1.165, 1.54) is 0 Å². The summed E-state index contributed by atoms with van der Waals surface area (Å²) in [6.45, 7) is 39.0. The Morgan fingerprint density at radius 1 is 0.323 bits per heavy atom. The van der Waals surface area contributed by atoms with E-state index in [9.17, 15) is 10.3 Å². The van der Waals surface area contributed by atoms with Gasteiger partial charge in [0.1, 0.15) is 0 Å². The van der Waals surface area contributed by atoms with Crippen LogP contribution in [-0.4, -0.2) is 30.9 Å². The summed E-state index contributed by atoms with van der Waals surface area (Å²) in [6, 6.07) is 0. The van der Waals surface area contributed by atoms with Crippen molar-refractivity contribution in [1.29, 1.82) is 0 Å². The first-order valence-corrected chi connectivity index (χ1v) is 14.2. The van der Waals surface area contributed by atoms with Crippen LogP contribution in [0.5, 0.6) is 0 Å². The van der Waals surface area contributed by atoms with E-state index in [1.807, 2.05) is 0 Å². The molecule has 0 radical (unpaired) electrons. The minimum Gasteiger partial charge on any atom is -0.807 e. The van der Waals surface area contributed by atoms with Gasteiger partial charge in [-0.1, -0.05) is 125 Å². The molecule has 0 rings (SSSR count). The van der Waals surface area contributed by atoms with Crippen molar-refractivity contribution < 1.29 is 21.7 Å². The normalized spacial score (nSPS) is 14.3. The van der Waals surface area contributed by atoms with E-state index in [2.05, 4.69) is 125 Å². The molecule has 0 heterocycles. The van der Waals surface area contributed by atoms with Crippen LogP contribution < -0.4 is 0 Å². The van der Waals surface area contributed by atoms with Crippen LogP contribution in [0.25, 0.3) is 10.3 Å². The number of hydrogen-bond acceptors (Lipinski definition) is 0. The van der Waals surface area contributed by atoms with Gasteiger partial charge in [-0.3, -0.25) is 0 Å². The third-order valence-corrected chi connectivity index (χ3v) is 17.5. The van der Waals surface area contributed by atoms with Crippen LogP contribution in [0.15, 0.2) is 0 Å². The number of nitrogens with zero attached hydrogens (tertiary/aromatic N) is 2. The fourth-order valence-electron chi connectivity index (χ4n) is 6.04. The summed E-state index contributed by atoms with van der Waals surface area (Å²) in [5, 5.41) is 22.2. The predicted octanol–water partition coefficient (Wildman–Crippen LogP) is 11.2. The molecule has 0 bridgehead atoms. The summed E-state index contributed by atoms with van der Waals surface area (Å²) < 4.78 is 0. The molecule has 0 saturated carbocycles. The maximum atomic E-state index is 11.1. The monoisotopic (exact) mass is 510 g/mol. The van der Waals surface area contributed by atoms with E-state index in [1.54, 1.807) is 0 Å². The summed E-state index contributed by atoms with van der Waals surface area (Å²) in [4.78, 5) is 0. The minimum absolute atomic E-state index is 0. The standard InChI is InChI=1S/2C12H27NP.2CH3.Ti/c2*1-10(2,3)14(13,11(4,5)6)12(7,8)9;;;/h2*1-9H3;2*1H3;/q4*-1;+4. The van der Waals surface area contributed by atoms with Crippen LogP contribution in [0.1, 0.15) is 125 Å². The van der Waals surface area contributed by atoms with E-state index in [-0.39, 0.29) is 67.5 Å². The van der Waals surface area contributed by atoms with Gasteiger partial charge in [0.2, 0.25) is 0 Å². The van der Waals surface area contributed by atoms with Gasteiger partial charge in [-0.05, 0) is 30.9 Å². The molecule has 0 aliphatic carbocycles. The Hall–Kier alpha value is 1.17. The Kier molecular flexibility index (Phi) is 16.0. The maximum Gasteiger partial charge on any atom is 4.00 e. The molecular weight excluding hydrogens is 450 g/mol. The van der Waals surface area contributed by atoms with Crippen LogP contribution in [0.3, 0.4) is 0 Å². The van der Waals surface area contributed by atoms with Crippen molar-refractivity contribution in [2.75, 3.05) is 0 Å². The third-order valence-electron chi connectivity index (χ3n) is 5.82. The Morgan fingerprint density at radius 2 is 0.387 bits per heavy atom. The molecule has 0 saturated heterocycles. The fourth-order valence-corrected chi connectivity index (χ4v) is 18.1. The molecule has 188 valence electrons. The molecule has 0 spiro atoms. The van der Waals surface area contributed by atoms with Crippen LogP contribution in [-0.2, 0) is 21.7 Å². The summed E-state index contributed by atoms with van der Waals surface area (Å²) >= 11 is 0. The van der Waals surface area contributed by atoms with Gasteiger partial charge >= 0.3 is 21.7 Å². The van der Waals surface area contributed by atoms with E-state index in [0.717, 1.165) is 0 Å². The second-order valence-corrected chi connectivity index (χ2v) is 24.9. The average molecular weight is 511 g/mol. The van der Waals surface area contributed by atoms with Gasteiger partial charge in [0.15, 0.2) is 0 Å². The van der Waals surface area contributed by atoms with E-state index >= 15 is 0 Å². The Balaban J connectivity index is -0.000000133. The molecule has 0 atom stereocenters. The summed E-state index contributed by atoms with van der Waals surface area (Å²) in [5.74, 6) is 0. The second kappa shape index (κ2) is 11.7. The molecule has 0 aliphatic rings. The third kappa shape index (κ3) is 8.72. The van der Waals surface area contributed by atoms with Crippen molar-refractivity contribution >= 4 is 14.1 Å². The summed E-state index contributed by atoms with van der Waals surface area (Å²) in [5.41, 5.74) is 0. The zero-order valence-corrected chi connectivity index (χ0v) is 28.6. The summed E-state index contributed by atoms with van der Waals surface area (Å²) in [7, 11) is -4.04. The molecule has 2 nitrogen and oxygen atoms in total. The Morgan fingerprint density at radius 3 is 0.387 bits per heavy atom. The molecule has 0 amide bonds. The average Bonchev–Trinajstić information content (AvgIpc) is 2.29. The maximum absolute atomic E-state index is 11.1. The minimum atomic E-state index is -2.02.